The Balaban J connectivity index is 3.03. The van der Waals surface area contributed by atoms with Gasteiger partial charge in [-0.05, 0) is 24.9 Å². The van der Waals surface area contributed by atoms with E-state index >= 15 is 0 Å². The Hall–Kier alpha value is -0.140. The van der Waals surface area contributed by atoms with Crippen molar-refractivity contribution in [1.29, 1.82) is 0 Å². The average Bonchev–Trinajstić information content (AvgIpc) is 2.47. The molecule has 0 aliphatic carbocycles. The lowest BCUT2D eigenvalue weighted by Crippen LogP contribution is -2.24. The van der Waals surface area contributed by atoms with Crippen LogP contribution in [0.5, 0.6) is 0 Å². The van der Waals surface area contributed by atoms with Gasteiger partial charge in [0.1, 0.15) is 15.6 Å². The highest BCUT2D eigenvalue weighted by atomic mass is 32.2. The van der Waals surface area contributed by atoms with Crippen LogP contribution in [0.15, 0.2) is 10.3 Å². The van der Waals surface area contributed by atoms with E-state index in [9.17, 15) is 9.50 Å². The van der Waals surface area contributed by atoms with Crippen molar-refractivity contribution in [3.05, 3.63) is 16.8 Å². The largest absolute Gasteiger partial charge is 0.393 e. The van der Waals surface area contributed by atoms with E-state index in [4.69, 9.17) is 10.2 Å². The first-order valence-corrected chi connectivity index (χ1v) is 5.20. The second-order valence-corrected chi connectivity index (χ2v) is 4.75. The molecule has 0 aliphatic rings. The summed E-state index contributed by atoms with van der Waals surface area (Å²) in [6.07, 6.45) is 0. The van der Waals surface area contributed by atoms with Crippen LogP contribution in [-0.2, 0) is 5.60 Å². The zero-order chi connectivity index (χ0) is 10.1. The van der Waals surface area contributed by atoms with Gasteiger partial charge in [0.25, 0.3) is 0 Å². The number of hydrogen-bond acceptors (Lipinski definition) is 5. The van der Waals surface area contributed by atoms with E-state index in [0.717, 1.165) is 23.3 Å². The fraction of sp³-hybridized carbons (Fsp3) is 0.429. The summed E-state index contributed by atoms with van der Waals surface area (Å²) >= 11 is 1.84. The minimum Gasteiger partial charge on any atom is -0.393 e. The molecule has 0 aromatic carbocycles. The molecule has 0 saturated carbocycles. The second kappa shape index (κ2) is 3.93. The Bertz CT molecular complexity index is 301. The minimum atomic E-state index is -1.39. The van der Waals surface area contributed by atoms with E-state index in [2.05, 4.69) is 0 Å². The Kier molecular flexibility index (Phi) is 3.31. The standard InChI is InChI=1S/C7H10FNO2S2/c1-7(11,3-10)5-2-4(8)6(12-5)13-9/h2,10-11H,3,9H2,1H3. The quantitative estimate of drug-likeness (QED) is 0.670. The third kappa shape index (κ3) is 2.21. The van der Waals surface area contributed by atoms with Crippen LogP contribution < -0.4 is 5.14 Å². The highest BCUT2D eigenvalue weighted by Gasteiger charge is 2.26. The van der Waals surface area contributed by atoms with Crippen LogP contribution in [0.25, 0.3) is 0 Å². The van der Waals surface area contributed by atoms with Crippen LogP contribution in [0, 0.1) is 5.82 Å². The zero-order valence-electron chi connectivity index (χ0n) is 6.95. The third-order valence-corrected chi connectivity index (χ3v) is 3.71. The molecule has 0 bridgehead atoms. The van der Waals surface area contributed by atoms with Gasteiger partial charge in [0.2, 0.25) is 0 Å². The summed E-state index contributed by atoms with van der Waals surface area (Å²) in [5.74, 6) is -0.457. The average molecular weight is 223 g/mol. The fourth-order valence-electron chi connectivity index (χ4n) is 0.776. The number of aliphatic hydroxyl groups excluding tert-OH is 1. The van der Waals surface area contributed by atoms with Gasteiger partial charge in [-0.15, -0.1) is 11.3 Å². The smallest absolute Gasteiger partial charge is 0.149 e. The third-order valence-electron chi connectivity index (χ3n) is 1.60. The first kappa shape index (κ1) is 10.9. The van der Waals surface area contributed by atoms with Crippen molar-refractivity contribution in [2.45, 2.75) is 16.7 Å². The summed E-state index contributed by atoms with van der Waals surface area (Å²) in [6, 6.07) is 1.19. The monoisotopic (exact) mass is 223 g/mol. The summed E-state index contributed by atoms with van der Waals surface area (Å²) in [5, 5.41) is 23.6. The van der Waals surface area contributed by atoms with Gasteiger partial charge in [-0.25, -0.2) is 4.39 Å². The Morgan fingerprint density at radius 3 is 2.77 bits per heavy atom. The summed E-state index contributed by atoms with van der Waals surface area (Å²) in [6.45, 7) is 0.977. The maximum absolute atomic E-state index is 13.0. The van der Waals surface area contributed by atoms with Gasteiger partial charge in [-0.3, -0.25) is 5.14 Å². The van der Waals surface area contributed by atoms with Gasteiger partial charge < -0.3 is 10.2 Å². The van der Waals surface area contributed by atoms with Gasteiger partial charge in [0.15, 0.2) is 0 Å². The van der Waals surface area contributed by atoms with E-state index in [1.807, 2.05) is 0 Å². The zero-order valence-corrected chi connectivity index (χ0v) is 8.58. The molecule has 0 spiro atoms. The van der Waals surface area contributed by atoms with Crippen LogP contribution in [0.2, 0.25) is 0 Å². The first-order chi connectivity index (χ1) is 6.01. The van der Waals surface area contributed by atoms with Gasteiger partial charge in [-0.2, -0.15) is 0 Å². The molecular formula is C7H10FNO2S2. The molecular weight excluding hydrogens is 213 g/mol. The van der Waals surface area contributed by atoms with Crippen molar-refractivity contribution in [2.75, 3.05) is 6.61 Å². The molecule has 1 aromatic heterocycles. The molecule has 1 heterocycles. The highest BCUT2D eigenvalue weighted by Crippen LogP contribution is 2.34. The molecule has 13 heavy (non-hydrogen) atoms. The first-order valence-electron chi connectivity index (χ1n) is 3.51. The van der Waals surface area contributed by atoms with Crippen LogP contribution >= 0.6 is 23.3 Å². The van der Waals surface area contributed by atoms with Crippen molar-refractivity contribution in [3.8, 4) is 0 Å². The van der Waals surface area contributed by atoms with Gasteiger partial charge in [0, 0.05) is 4.88 Å². The van der Waals surface area contributed by atoms with Crippen LogP contribution in [0.4, 0.5) is 4.39 Å². The fourth-order valence-corrected chi connectivity index (χ4v) is 2.21. The number of halogens is 1. The minimum absolute atomic E-state index is 0.309. The summed E-state index contributed by atoms with van der Waals surface area (Å²) in [5.41, 5.74) is -1.39. The maximum atomic E-state index is 13.0. The van der Waals surface area contributed by atoms with E-state index in [-0.39, 0.29) is 0 Å². The van der Waals surface area contributed by atoms with Crippen molar-refractivity contribution in [1.82, 2.24) is 0 Å². The molecule has 1 atom stereocenters. The molecule has 4 N–H and O–H groups in total. The van der Waals surface area contributed by atoms with Crippen LogP contribution in [-0.4, -0.2) is 16.8 Å². The van der Waals surface area contributed by atoms with Crippen molar-refractivity contribution < 1.29 is 14.6 Å². The van der Waals surface area contributed by atoms with E-state index in [0.29, 0.717) is 9.09 Å². The second-order valence-electron chi connectivity index (χ2n) is 2.80. The molecule has 0 radical (unpaired) electrons. The number of rotatable bonds is 3. The highest BCUT2D eigenvalue weighted by molar-refractivity contribution is 7.99. The number of hydrogen-bond donors (Lipinski definition) is 3. The van der Waals surface area contributed by atoms with Crippen molar-refractivity contribution in [2.24, 2.45) is 5.14 Å². The van der Waals surface area contributed by atoms with Crippen LogP contribution in [0.1, 0.15) is 11.8 Å². The molecule has 6 heteroatoms. The van der Waals surface area contributed by atoms with Gasteiger partial charge in [0.05, 0.1) is 6.61 Å². The molecule has 74 valence electrons. The lowest BCUT2D eigenvalue weighted by molar-refractivity contribution is 0.000655. The Labute approximate surface area is 83.5 Å². The van der Waals surface area contributed by atoms with E-state index in [1.165, 1.54) is 13.0 Å². The molecule has 0 fully saturated rings. The molecule has 0 aliphatic heterocycles. The molecule has 1 unspecified atom stereocenters. The van der Waals surface area contributed by atoms with E-state index in [1.54, 1.807) is 0 Å². The predicted molar refractivity (Wildman–Crippen MR) is 51.0 cm³/mol. The molecule has 1 aromatic rings. The van der Waals surface area contributed by atoms with E-state index < -0.39 is 18.0 Å². The maximum Gasteiger partial charge on any atom is 0.149 e. The summed E-state index contributed by atoms with van der Waals surface area (Å²) < 4.78 is 13.3. The molecule has 3 nitrogen and oxygen atoms in total. The summed E-state index contributed by atoms with van der Waals surface area (Å²) in [7, 11) is 0. The SMILES string of the molecule is CC(O)(CO)c1cc(F)c(SN)s1. The van der Waals surface area contributed by atoms with Crippen molar-refractivity contribution >= 4 is 23.3 Å². The Morgan fingerprint density at radius 1 is 1.77 bits per heavy atom. The molecule has 1 rings (SSSR count). The van der Waals surface area contributed by atoms with Crippen LogP contribution in [0.3, 0.4) is 0 Å². The lowest BCUT2D eigenvalue weighted by atomic mass is 10.1. The number of thiophene rings is 1. The number of aliphatic hydroxyl groups is 2. The predicted octanol–water partition coefficient (Wildman–Crippen LogP) is 1.05. The Morgan fingerprint density at radius 2 is 2.38 bits per heavy atom. The van der Waals surface area contributed by atoms with Gasteiger partial charge >= 0.3 is 0 Å². The molecule has 0 saturated heterocycles. The summed E-state index contributed by atoms with van der Waals surface area (Å²) in [4.78, 5) is 0.375. The normalized spacial score (nSPS) is 15.8. The lowest BCUT2D eigenvalue weighted by Gasteiger charge is -2.17. The van der Waals surface area contributed by atoms with Crippen molar-refractivity contribution in [3.63, 3.8) is 0 Å². The van der Waals surface area contributed by atoms with Gasteiger partial charge in [-0.1, -0.05) is 0 Å². The number of nitrogens with two attached hydrogens (primary N) is 1. The molecule has 0 amide bonds. The topological polar surface area (TPSA) is 66.5 Å².